The Morgan fingerprint density at radius 3 is 2.55 bits per heavy atom. The molecule has 5 nitrogen and oxygen atoms in total. The third kappa shape index (κ3) is 3.33. The number of hydrogen-bond donors (Lipinski definition) is 2. The van der Waals surface area contributed by atoms with Gasteiger partial charge in [0, 0.05) is 6.54 Å². The highest BCUT2D eigenvalue weighted by Gasteiger charge is 2.28. The van der Waals surface area contributed by atoms with Crippen molar-refractivity contribution in [1.29, 1.82) is 0 Å². The quantitative estimate of drug-likeness (QED) is 0.643. The van der Waals surface area contributed by atoms with Crippen LogP contribution in [0.2, 0.25) is 0 Å². The lowest BCUT2D eigenvalue weighted by Gasteiger charge is -2.29. The minimum Gasteiger partial charge on any atom is -0.493 e. The molecule has 20 heavy (non-hydrogen) atoms. The van der Waals surface area contributed by atoms with E-state index in [2.05, 4.69) is 17.4 Å². The predicted octanol–water partition coefficient (Wildman–Crippen LogP) is 2.78. The van der Waals surface area contributed by atoms with Crippen molar-refractivity contribution < 1.29 is 4.74 Å². The Kier molecular flexibility index (Phi) is 5.86. The third-order valence-corrected chi connectivity index (χ3v) is 4.46. The molecular formula is C15H28N4O. The molecular weight excluding hydrogens is 252 g/mol. The molecule has 1 atom stereocenters. The molecule has 114 valence electrons. The topological polar surface area (TPSA) is 65.1 Å². The molecule has 2 rings (SSSR count). The van der Waals surface area contributed by atoms with Gasteiger partial charge in [-0.15, -0.1) is 0 Å². The average Bonchev–Trinajstić information content (AvgIpc) is 2.84. The van der Waals surface area contributed by atoms with E-state index in [0.29, 0.717) is 5.92 Å². The molecule has 1 heterocycles. The summed E-state index contributed by atoms with van der Waals surface area (Å²) in [6.45, 7) is 2.94. The van der Waals surface area contributed by atoms with E-state index in [1.165, 1.54) is 44.9 Å². The van der Waals surface area contributed by atoms with Gasteiger partial charge in [0.15, 0.2) is 5.75 Å². The standard InChI is InChI=1S/C15H28N4O/c1-3-19-15(13(20-2)11-17-19)14(18-16)12-9-7-5-4-6-8-10-12/h11-12,14,18H,3-10,16H2,1-2H3. The van der Waals surface area contributed by atoms with Crippen LogP contribution in [0, 0.1) is 5.92 Å². The van der Waals surface area contributed by atoms with Gasteiger partial charge in [-0.05, 0) is 25.7 Å². The molecule has 1 fully saturated rings. The van der Waals surface area contributed by atoms with Crippen LogP contribution in [0.1, 0.15) is 63.6 Å². The first-order valence-corrected chi connectivity index (χ1v) is 7.87. The maximum atomic E-state index is 5.89. The Labute approximate surface area is 121 Å². The minimum absolute atomic E-state index is 0.130. The van der Waals surface area contributed by atoms with E-state index in [1.54, 1.807) is 13.3 Å². The van der Waals surface area contributed by atoms with Crippen molar-refractivity contribution in [1.82, 2.24) is 15.2 Å². The number of nitrogens with zero attached hydrogens (tertiary/aromatic N) is 2. The van der Waals surface area contributed by atoms with E-state index in [1.807, 2.05) is 4.68 Å². The van der Waals surface area contributed by atoms with E-state index >= 15 is 0 Å². The van der Waals surface area contributed by atoms with Crippen LogP contribution in [-0.4, -0.2) is 16.9 Å². The number of ether oxygens (including phenoxy) is 1. The Hall–Kier alpha value is -1.07. The van der Waals surface area contributed by atoms with Gasteiger partial charge in [0.25, 0.3) is 0 Å². The summed E-state index contributed by atoms with van der Waals surface area (Å²) < 4.78 is 7.48. The fourth-order valence-electron chi connectivity index (χ4n) is 3.36. The summed E-state index contributed by atoms with van der Waals surface area (Å²) in [6, 6.07) is 0.130. The lowest BCUT2D eigenvalue weighted by atomic mass is 9.84. The summed E-state index contributed by atoms with van der Waals surface area (Å²) >= 11 is 0. The van der Waals surface area contributed by atoms with Crippen LogP contribution >= 0.6 is 0 Å². The molecule has 1 aliphatic rings. The number of nitrogens with two attached hydrogens (primary N) is 1. The molecule has 1 aliphatic carbocycles. The third-order valence-electron chi connectivity index (χ3n) is 4.46. The lowest BCUT2D eigenvalue weighted by molar-refractivity contribution is 0.271. The summed E-state index contributed by atoms with van der Waals surface area (Å²) in [5.74, 6) is 7.30. The largest absolute Gasteiger partial charge is 0.493 e. The number of aromatic nitrogens is 2. The van der Waals surface area contributed by atoms with E-state index < -0.39 is 0 Å². The normalized spacial score (nSPS) is 19.4. The summed E-state index contributed by atoms with van der Waals surface area (Å²) in [6.07, 6.45) is 10.9. The van der Waals surface area contributed by atoms with E-state index in [0.717, 1.165) is 18.0 Å². The van der Waals surface area contributed by atoms with Crippen LogP contribution in [0.5, 0.6) is 5.75 Å². The van der Waals surface area contributed by atoms with Crippen molar-refractivity contribution in [3.05, 3.63) is 11.9 Å². The van der Waals surface area contributed by atoms with Crippen molar-refractivity contribution in [2.75, 3.05) is 7.11 Å². The fraction of sp³-hybridized carbons (Fsp3) is 0.800. The van der Waals surface area contributed by atoms with Gasteiger partial charge in [0.1, 0.15) is 0 Å². The predicted molar refractivity (Wildman–Crippen MR) is 80.3 cm³/mol. The highest BCUT2D eigenvalue weighted by atomic mass is 16.5. The molecule has 3 N–H and O–H groups in total. The van der Waals surface area contributed by atoms with Crippen LogP contribution < -0.4 is 16.0 Å². The summed E-state index contributed by atoms with van der Waals surface area (Å²) in [5, 5.41) is 4.41. The fourth-order valence-corrected chi connectivity index (χ4v) is 3.36. The lowest BCUT2D eigenvalue weighted by Crippen LogP contribution is -2.35. The van der Waals surface area contributed by atoms with Crippen molar-refractivity contribution in [3.8, 4) is 5.75 Å². The van der Waals surface area contributed by atoms with Crippen molar-refractivity contribution in [2.45, 2.75) is 64.5 Å². The van der Waals surface area contributed by atoms with E-state index in [-0.39, 0.29) is 6.04 Å². The Bertz CT molecular complexity index is 375. The number of hydrazine groups is 1. The van der Waals surface area contributed by atoms with Gasteiger partial charge >= 0.3 is 0 Å². The Morgan fingerprint density at radius 2 is 2.00 bits per heavy atom. The zero-order valence-electron chi connectivity index (χ0n) is 12.8. The number of methoxy groups -OCH3 is 1. The molecule has 0 spiro atoms. The highest BCUT2D eigenvalue weighted by molar-refractivity contribution is 5.29. The number of nitrogens with one attached hydrogen (secondary N) is 1. The molecule has 0 amide bonds. The van der Waals surface area contributed by atoms with Crippen molar-refractivity contribution in [2.24, 2.45) is 11.8 Å². The second-order valence-electron chi connectivity index (χ2n) is 5.66. The van der Waals surface area contributed by atoms with Crippen LogP contribution in [0.25, 0.3) is 0 Å². The molecule has 0 aromatic carbocycles. The molecule has 0 bridgehead atoms. The van der Waals surface area contributed by atoms with Crippen LogP contribution in [-0.2, 0) is 6.54 Å². The average molecular weight is 280 g/mol. The first kappa shape index (κ1) is 15.3. The summed E-state index contributed by atoms with van der Waals surface area (Å²) in [7, 11) is 1.70. The van der Waals surface area contributed by atoms with E-state index in [4.69, 9.17) is 10.6 Å². The maximum absolute atomic E-state index is 5.89. The number of aryl methyl sites for hydroxylation is 1. The van der Waals surface area contributed by atoms with Crippen LogP contribution in [0.15, 0.2) is 6.20 Å². The van der Waals surface area contributed by atoms with E-state index in [9.17, 15) is 0 Å². The second-order valence-corrected chi connectivity index (χ2v) is 5.66. The Balaban J connectivity index is 2.23. The molecule has 1 aromatic heterocycles. The first-order valence-electron chi connectivity index (χ1n) is 7.87. The van der Waals surface area contributed by atoms with Crippen molar-refractivity contribution in [3.63, 3.8) is 0 Å². The van der Waals surface area contributed by atoms with Crippen molar-refractivity contribution >= 4 is 0 Å². The molecule has 0 saturated heterocycles. The summed E-state index contributed by atoms with van der Waals surface area (Å²) in [4.78, 5) is 0. The first-order chi connectivity index (χ1) is 9.81. The molecule has 0 aliphatic heterocycles. The van der Waals surface area contributed by atoms with Crippen LogP contribution in [0.3, 0.4) is 0 Å². The van der Waals surface area contributed by atoms with Gasteiger partial charge in [-0.2, -0.15) is 5.10 Å². The molecule has 1 saturated carbocycles. The van der Waals surface area contributed by atoms with Gasteiger partial charge < -0.3 is 4.74 Å². The number of rotatable bonds is 5. The SMILES string of the molecule is CCn1ncc(OC)c1C(NN)C1CCCCCCC1. The number of hydrogen-bond acceptors (Lipinski definition) is 4. The molecule has 1 unspecified atom stereocenters. The van der Waals surface area contributed by atoms with Gasteiger partial charge in [-0.3, -0.25) is 16.0 Å². The zero-order chi connectivity index (χ0) is 14.4. The van der Waals surface area contributed by atoms with Crippen LogP contribution in [0.4, 0.5) is 0 Å². The zero-order valence-corrected chi connectivity index (χ0v) is 12.8. The van der Waals surface area contributed by atoms with Gasteiger partial charge in [-0.1, -0.05) is 32.1 Å². The molecule has 5 heteroatoms. The molecule has 0 radical (unpaired) electrons. The Morgan fingerprint density at radius 1 is 1.35 bits per heavy atom. The maximum Gasteiger partial charge on any atom is 0.161 e. The van der Waals surface area contributed by atoms with Gasteiger partial charge in [-0.25, -0.2) is 0 Å². The monoisotopic (exact) mass is 280 g/mol. The molecule has 1 aromatic rings. The smallest absolute Gasteiger partial charge is 0.161 e. The second kappa shape index (κ2) is 7.64. The summed E-state index contributed by atoms with van der Waals surface area (Å²) in [5.41, 5.74) is 4.13. The van der Waals surface area contributed by atoms with Gasteiger partial charge in [0.05, 0.1) is 25.0 Å². The highest BCUT2D eigenvalue weighted by Crippen LogP contribution is 2.36. The van der Waals surface area contributed by atoms with Gasteiger partial charge in [0.2, 0.25) is 0 Å². The minimum atomic E-state index is 0.130.